The number of benzene rings is 1. The zero-order valence-electron chi connectivity index (χ0n) is 13.4. The van der Waals surface area contributed by atoms with E-state index in [0.717, 1.165) is 11.7 Å². The summed E-state index contributed by atoms with van der Waals surface area (Å²) in [6.45, 7) is 6.94. The fourth-order valence-electron chi connectivity index (χ4n) is 3.43. The minimum atomic E-state index is 0.640. The number of rotatable bonds is 7. The van der Waals surface area contributed by atoms with Crippen LogP contribution in [-0.4, -0.2) is 19.2 Å². The van der Waals surface area contributed by atoms with Gasteiger partial charge in [-0.25, -0.2) is 0 Å². The maximum Gasteiger partial charge on any atom is 0.119 e. The van der Waals surface area contributed by atoms with Gasteiger partial charge in [-0.3, -0.25) is 0 Å². The van der Waals surface area contributed by atoms with Crippen LogP contribution in [0, 0.1) is 5.92 Å². The molecule has 0 heterocycles. The molecule has 2 heteroatoms. The van der Waals surface area contributed by atoms with Crippen LogP contribution in [-0.2, 0) is 0 Å². The molecular weight excluding hydrogens is 246 g/mol. The van der Waals surface area contributed by atoms with Crippen LogP contribution in [0.5, 0.6) is 5.75 Å². The number of methoxy groups -OCH3 is 1. The van der Waals surface area contributed by atoms with Gasteiger partial charge in [-0.2, -0.15) is 0 Å². The summed E-state index contributed by atoms with van der Waals surface area (Å²) in [5.74, 6) is 2.49. The Morgan fingerprint density at radius 2 is 1.95 bits per heavy atom. The molecule has 1 N–H and O–H groups in total. The Bertz CT molecular complexity index is 408. The summed E-state index contributed by atoms with van der Waals surface area (Å²) in [5.41, 5.74) is 1.43. The SMILES string of the molecule is CCC(CC)C(C)NC1CC(c2cccc(OC)c2)C1. The van der Waals surface area contributed by atoms with Gasteiger partial charge in [0.15, 0.2) is 0 Å². The Balaban J connectivity index is 1.82. The number of nitrogens with one attached hydrogen (secondary N) is 1. The molecule has 1 fully saturated rings. The third-order valence-corrected chi connectivity index (χ3v) is 4.96. The quantitative estimate of drug-likeness (QED) is 0.798. The van der Waals surface area contributed by atoms with Gasteiger partial charge in [0, 0.05) is 12.1 Å². The molecule has 1 aromatic carbocycles. The second-order valence-corrected chi connectivity index (χ2v) is 6.17. The van der Waals surface area contributed by atoms with Gasteiger partial charge in [-0.15, -0.1) is 0 Å². The third kappa shape index (κ3) is 3.54. The van der Waals surface area contributed by atoms with Crippen LogP contribution >= 0.6 is 0 Å². The Morgan fingerprint density at radius 1 is 1.25 bits per heavy atom. The molecule has 0 saturated heterocycles. The lowest BCUT2D eigenvalue weighted by Gasteiger charge is -2.39. The average molecular weight is 275 g/mol. The lowest BCUT2D eigenvalue weighted by atomic mass is 9.75. The summed E-state index contributed by atoms with van der Waals surface area (Å²) in [7, 11) is 1.74. The number of ether oxygens (including phenoxy) is 1. The van der Waals surface area contributed by atoms with Crippen molar-refractivity contribution in [1.29, 1.82) is 0 Å². The molecule has 1 aliphatic rings. The molecule has 0 radical (unpaired) electrons. The van der Waals surface area contributed by atoms with Crippen molar-refractivity contribution in [3.05, 3.63) is 29.8 Å². The maximum atomic E-state index is 5.31. The molecule has 0 bridgehead atoms. The molecule has 0 aliphatic heterocycles. The van der Waals surface area contributed by atoms with E-state index in [1.807, 2.05) is 6.07 Å². The van der Waals surface area contributed by atoms with Gasteiger partial charge >= 0.3 is 0 Å². The lowest BCUT2D eigenvalue weighted by molar-refractivity contribution is 0.232. The third-order valence-electron chi connectivity index (χ3n) is 4.96. The molecule has 1 aliphatic carbocycles. The molecule has 2 rings (SSSR count). The standard InChI is InChI=1S/C18H29NO/c1-5-14(6-2)13(3)19-17-10-16(11-17)15-8-7-9-18(12-15)20-4/h7-9,12-14,16-17,19H,5-6,10-11H2,1-4H3. The first kappa shape index (κ1) is 15.4. The zero-order valence-corrected chi connectivity index (χ0v) is 13.4. The minimum Gasteiger partial charge on any atom is -0.497 e. The predicted molar refractivity (Wildman–Crippen MR) is 85.4 cm³/mol. The van der Waals surface area contributed by atoms with Crippen molar-refractivity contribution in [1.82, 2.24) is 5.32 Å². The summed E-state index contributed by atoms with van der Waals surface area (Å²) in [6.07, 6.45) is 5.07. The minimum absolute atomic E-state index is 0.640. The van der Waals surface area contributed by atoms with Crippen LogP contribution in [0.1, 0.15) is 57.9 Å². The van der Waals surface area contributed by atoms with Crippen molar-refractivity contribution in [2.24, 2.45) is 5.92 Å². The second kappa shape index (κ2) is 7.12. The average Bonchev–Trinajstić information content (AvgIpc) is 2.43. The molecule has 1 aromatic rings. The predicted octanol–water partition coefficient (Wildman–Crippen LogP) is 4.36. The van der Waals surface area contributed by atoms with E-state index < -0.39 is 0 Å². The Labute approximate surface area is 123 Å². The fraction of sp³-hybridized carbons (Fsp3) is 0.667. The highest BCUT2D eigenvalue weighted by molar-refractivity contribution is 5.32. The van der Waals surface area contributed by atoms with Crippen LogP contribution in [0.2, 0.25) is 0 Å². The van der Waals surface area contributed by atoms with Crippen LogP contribution in [0.25, 0.3) is 0 Å². The summed E-state index contributed by atoms with van der Waals surface area (Å²) >= 11 is 0. The summed E-state index contributed by atoms with van der Waals surface area (Å²) in [5, 5.41) is 3.82. The monoisotopic (exact) mass is 275 g/mol. The molecule has 0 aromatic heterocycles. The van der Waals surface area contributed by atoms with Gasteiger partial charge in [0.1, 0.15) is 5.75 Å². The summed E-state index contributed by atoms with van der Waals surface area (Å²) in [4.78, 5) is 0. The molecule has 0 amide bonds. The van der Waals surface area contributed by atoms with Gasteiger partial charge in [0.2, 0.25) is 0 Å². The number of hydrogen-bond donors (Lipinski definition) is 1. The molecule has 1 saturated carbocycles. The summed E-state index contributed by atoms with van der Waals surface area (Å²) in [6, 6.07) is 9.87. The van der Waals surface area contributed by atoms with Gasteiger partial charge in [0.25, 0.3) is 0 Å². The van der Waals surface area contributed by atoms with Crippen molar-refractivity contribution in [3.8, 4) is 5.75 Å². The van der Waals surface area contributed by atoms with Crippen molar-refractivity contribution in [3.63, 3.8) is 0 Å². The van der Waals surface area contributed by atoms with Gasteiger partial charge in [0.05, 0.1) is 7.11 Å². The Hall–Kier alpha value is -1.02. The smallest absolute Gasteiger partial charge is 0.119 e. The molecule has 2 nitrogen and oxygen atoms in total. The maximum absolute atomic E-state index is 5.31. The van der Waals surface area contributed by atoms with Crippen molar-refractivity contribution < 1.29 is 4.74 Å². The van der Waals surface area contributed by atoms with E-state index in [0.29, 0.717) is 18.0 Å². The van der Waals surface area contributed by atoms with Crippen LogP contribution in [0.4, 0.5) is 0 Å². The zero-order chi connectivity index (χ0) is 14.5. The lowest BCUT2D eigenvalue weighted by Crippen LogP contribution is -2.47. The molecule has 1 atom stereocenters. The number of hydrogen-bond acceptors (Lipinski definition) is 2. The largest absolute Gasteiger partial charge is 0.497 e. The fourth-order valence-corrected chi connectivity index (χ4v) is 3.43. The second-order valence-electron chi connectivity index (χ2n) is 6.17. The van der Waals surface area contributed by atoms with E-state index in [-0.39, 0.29) is 0 Å². The molecule has 20 heavy (non-hydrogen) atoms. The first-order chi connectivity index (χ1) is 9.67. The Kier molecular flexibility index (Phi) is 5.47. The van der Waals surface area contributed by atoms with Crippen LogP contribution in [0.15, 0.2) is 24.3 Å². The molecule has 1 unspecified atom stereocenters. The first-order valence-electron chi connectivity index (χ1n) is 8.07. The highest BCUT2D eigenvalue weighted by Gasteiger charge is 2.31. The van der Waals surface area contributed by atoms with E-state index in [9.17, 15) is 0 Å². The van der Waals surface area contributed by atoms with Gasteiger partial charge < -0.3 is 10.1 Å². The van der Waals surface area contributed by atoms with E-state index in [4.69, 9.17) is 4.74 Å². The van der Waals surface area contributed by atoms with Crippen molar-refractivity contribution in [2.45, 2.75) is 64.5 Å². The highest BCUT2D eigenvalue weighted by atomic mass is 16.5. The summed E-state index contributed by atoms with van der Waals surface area (Å²) < 4.78 is 5.31. The van der Waals surface area contributed by atoms with E-state index in [2.05, 4.69) is 44.3 Å². The van der Waals surface area contributed by atoms with E-state index >= 15 is 0 Å². The molecule has 112 valence electrons. The first-order valence-corrected chi connectivity index (χ1v) is 8.07. The van der Waals surface area contributed by atoms with Crippen LogP contribution in [0.3, 0.4) is 0 Å². The topological polar surface area (TPSA) is 21.3 Å². The van der Waals surface area contributed by atoms with E-state index in [1.54, 1.807) is 7.11 Å². The molecular formula is C18H29NO. The van der Waals surface area contributed by atoms with E-state index in [1.165, 1.54) is 31.2 Å². The van der Waals surface area contributed by atoms with Crippen LogP contribution < -0.4 is 10.1 Å². The highest BCUT2D eigenvalue weighted by Crippen LogP contribution is 2.38. The van der Waals surface area contributed by atoms with Gasteiger partial charge in [-0.05, 0) is 49.3 Å². The van der Waals surface area contributed by atoms with Crippen molar-refractivity contribution >= 4 is 0 Å². The van der Waals surface area contributed by atoms with Gasteiger partial charge in [-0.1, -0.05) is 38.8 Å². The molecule has 0 spiro atoms. The Morgan fingerprint density at radius 3 is 2.55 bits per heavy atom. The normalized spacial score (nSPS) is 23.4. The van der Waals surface area contributed by atoms with Crippen molar-refractivity contribution in [2.75, 3.05) is 7.11 Å².